The molecule has 0 aliphatic rings. The van der Waals surface area contributed by atoms with Crippen LogP contribution in [-0.2, 0) is 23.9 Å². The summed E-state index contributed by atoms with van der Waals surface area (Å²) in [6.45, 7) is 0.431. The zero-order valence-corrected chi connectivity index (χ0v) is 16.8. The number of benzene rings is 2. The van der Waals surface area contributed by atoms with Crippen molar-refractivity contribution < 1.29 is 22.4 Å². The first-order valence-electron chi connectivity index (χ1n) is 9.28. The molecule has 0 aromatic heterocycles. The van der Waals surface area contributed by atoms with Crippen molar-refractivity contribution in [3.63, 3.8) is 0 Å². The van der Waals surface area contributed by atoms with Gasteiger partial charge in [-0.2, -0.15) is 13.2 Å². The van der Waals surface area contributed by atoms with Crippen LogP contribution < -0.4 is 10.6 Å². The molecule has 0 heterocycles. The van der Waals surface area contributed by atoms with E-state index in [1.54, 1.807) is 32.3 Å². The smallest absolute Gasteiger partial charge is 0.356 e. The predicted octanol–water partition coefficient (Wildman–Crippen LogP) is 3.21. The molecular weight excluding hydrogens is 400 g/mol. The molecule has 0 radical (unpaired) electrons. The summed E-state index contributed by atoms with van der Waals surface area (Å²) in [5.41, 5.74) is 0.561. The minimum atomic E-state index is -4.42. The number of carbonyl (C=O) groups excluding carboxylic acids is 1. The number of aliphatic imine (C=N–C) groups is 1. The highest BCUT2D eigenvalue weighted by Gasteiger charge is 2.30. The first kappa shape index (κ1) is 23.2. The van der Waals surface area contributed by atoms with Crippen LogP contribution >= 0.6 is 0 Å². The third kappa shape index (κ3) is 7.73. The van der Waals surface area contributed by atoms with E-state index in [1.807, 2.05) is 0 Å². The molecule has 2 aromatic rings. The van der Waals surface area contributed by atoms with E-state index in [-0.39, 0.29) is 24.8 Å². The molecule has 5 nitrogen and oxygen atoms in total. The highest BCUT2D eigenvalue weighted by Crippen LogP contribution is 2.29. The Hall–Kier alpha value is -3.10. The number of likely N-dealkylation sites (N-methyl/N-ethyl adjacent to an activating group) is 1. The van der Waals surface area contributed by atoms with Crippen molar-refractivity contribution in [2.75, 3.05) is 27.2 Å². The zero-order valence-electron chi connectivity index (χ0n) is 16.8. The van der Waals surface area contributed by atoms with E-state index in [9.17, 15) is 22.4 Å². The van der Waals surface area contributed by atoms with E-state index in [1.165, 1.54) is 23.1 Å². The van der Waals surface area contributed by atoms with Gasteiger partial charge in [-0.3, -0.25) is 4.79 Å². The Morgan fingerprint density at radius 1 is 1.03 bits per heavy atom. The van der Waals surface area contributed by atoms with Crippen LogP contribution in [0.5, 0.6) is 0 Å². The fourth-order valence-electron chi connectivity index (χ4n) is 2.48. The lowest BCUT2D eigenvalue weighted by atomic mass is 10.1. The van der Waals surface area contributed by atoms with E-state index in [4.69, 9.17) is 0 Å². The predicted molar refractivity (Wildman–Crippen MR) is 107 cm³/mol. The maximum absolute atomic E-state index is 13.0. The fourth-order valence-corrected chi connectivity index (χ4v) is 2.48. The lowest BCUT2D eigenvalue weighted by Crippen LogP contribution is -2.43. The average molecular weight is 424 g/mol. The van der Waals surface area contributed by atoms with Crippen LogP contribution in [0.2, 0.25) is 0 Å². The Kier molecular flexibility index (Phi) is 8.20. The first-order chi connectivity index (χ1) is 14.1. The van der Waals surface area contributed by atoms with Gasteiger partial charge in [-0.15, -0.1) is 0 Å². The standard InChI is InChI=1S/C21H24F4N4O/c1-29(2)19(30)14-28-20(26-11-10-15-6-8-18(22)9-7-15)27-13-16-4-3-5-17(12-16)21(23,24)25/h3-9,12H,10-11,13-14H2,1-2H3,(H2,26,27,28). The van der Waals surface area contributed by atoms with E-state index < -0.39 is 11.7 Å². The molecule has 0 bridgehead atoms. The normalized spacial score (nSPS) is 11.9. The number of hydrogen-bond acceptors (Lipinski definition) is 2. The molecule has 0 fully saturated rings. The zero-order chi connectivity index (χ0) is 22.1. The lowest BCUT2D eigenvalue weighted by Gasteiger charge is -2.15. The molecule has 0 aliphatic carbocycles. The number of alkyl halides is 3. The molecule has 0 atom stereocenters. The van der Waals surface area contributed by atoms with E-state index in [0.29, 0.717) is 24.5 Å². The second-order valence-electron chi connectivity index (χ2n) is 6.81. The van der Waals surface area contributed by atoms with Gasteiger partial charge in [0.2, 0.25) is 5.91 Å². The number of guanidine groups is 1. The molecule has 9 heteroatoms. The van der Waals surface area contributed by atoms with Crippen LogP contribution in [0.3, 0.4) is 0 Å². The minimum Gasteiger partial charge on any atom is -0.356 e. The molecule has 30 heavy (non-hydrogen) atoms. The van der Waals surface area contributed by atoms with Gasteiger partial charge in [-0.25, -0.2) is 9.38 Å². The molecule has 1 amide bonds. The minimum absolute atomic E-state index is 0.00591. The molecule has 0 saturated carbocycles. The van der Waals surface area contributed by atoms with Crippen LogP contribution in [0, 0.1) is 5.82 Å². The van der Waals surface area contributed by atoms with Crippen LogP contribution in [0.1, 0.15) is 16.7 Å². The van der Waals surface area contributed by atoms with Crippen molar-refractivity contribution in [1.29, 1.82) is 0 Å². The Morgan fingerprint density at radius 3 is 2.37 bits per heavy atom. The van der Waals surface area contributed by atoms with E-state index >= 15 is 0 Å². The maximum Gasteiger partial charge on any atom is 0.416 e. The van der Waals surface area contributed by atoms with Gasteiger partial charge in [0.25, 0.3) is 0 Å². The molecule has 0 aliphatic heterocycles. The van der Waals surface area contributed by atoms with Crippen molar-refractivity contribution in [2.24, 2.45) is 4.99 Å². The summed E-state index contributed by atoms with van der Waals surface area (Å²) in [5, 5.41) is 5.92. The monoisotopic (exact) mass is 424 g/mol. The first-order valence-corrected chi connectivity index (χ1v) is 9.28. The quantitative estimate of drug-likeness (QED) is 0.408. The molecule has 0 unspecified atom stereocenters. The molecule has 162 valence electrons. The summed E-state index contributed by atoms with van der Waals surface area (Å²) in [5.74, 6) is -0.203. The SMILES string of the molecule is CN(C)C(=O)CNC(=NCc1cccc(C(F)(F)F)c1)NCCc1ccc(F)cc1. The second kappa shape index (κ2) is 10.6. The van der Waals surface area contributed by atoms with Gasteiger partial charge in [0.05, 0.1) is 18.7 Å². The van der Waals surface area contributed by atoms with Gasteiger partial charge >= 0.3 is 6.18 Å². The summed E-state index contributed by atoms with van der Waals surface area (Å²) in [6, 6.07) is 11.0. The number of nitrogens with zero attached hydrogens (tertiary/aromatic N) is 2. The van der Waals surface area contributed by atoms with Crippen LogP contribution in [0.15, 0.2) is 53.5 Å². The lowest BCUT2D eigenvalue weighted by molar-refractivity contribution is -0.137. The molecule has 0 saturated heterocycles. The second-order valence-corrected chi connectivity index (χ2v) is 6.81. The third-order valence-electron chi connectivity index (χ3n) is 4.20. The van der Waals surface area contributed by atoms with Gasteiger partial charge in [0.15, 0.2) is 5.96 Å². The Morgan fingerprint density at radius 2 is 1.73 bits per heavy atom. The molecular formula is C21H24F4N4O. The van der Waals surface area contributed by atoms with Crippen LogP contribution in [0.25, 0.3) is 0 Å². The highest BCUT2D eigenvalue weighted by atomic mass is 19.4. The Labute approximate surface area is 172 Å². The molecule has 0 spiro atoms. The molecule has 2 N–H and O–H groups in total. The van der Waals surface area contributed by atoms with Crippen molar-refractivity contribution in [3.05, 3.63) is 71.0 Å². The van der Waals surface area contributed by atoms with E-state index in [0.717, 1.165) is 17.7 Å². The third-order valence-corrected chi connectivity index (χ3v) is 4.20. The topological polar surface area (TPSA) is 56.7 Å². The fraction of sp³-hybridized carbons (Fsp3) is 0.333. The van der Waals surface area contributed by atoms with Gasteiger partial charge < -0.3 is 15.5 Å². The summed E-state index contributed by atoms with van der Waals surface area (Å²) < 4.78 is 51.6. The number of hydrogen-bond donors (Lipinski definition) is 2. The van der Waals surface area contributed by atoms with Gasteiger partial charge in [0.1, 0.15) is 5.82 Å². The summed E-state index contributed by atoms with van der Waals surface area (Å²) >= 11 is 0. The largest absolute Gasteiger partial charge is 0.416 e. The van der Waals surface area contributed by atoms with Crippen molar-refractivity contribution >= 4 is 11.9 Å². The number of carbonyl (C=O) groups is 1. The van der Waals surface area contributed by atoms with Crippen LogP contribution in [0.4, 0.5) is 17.6 Å². The number of nitrogens with one attached hydrogen (secondary N) is 2. The summed E-state index contributed by atoms with van der Waals surface area (Å²) in [7, 11) is 3.23. The average Bonchev–Trinajstić information content (AvgIpc) is 2.70. The van der Waals surface area contributed by atoms with Crippen molar-refractivity contribution in [2.45, 2.75) is 19.1 Å². The summed E-state index contributed by atoms with van der Waals surface area (Å²) in [6.07, 6.45) is -3.85. The van der Waals surface area contributed by atoms with Gasteiger partial charge in [0, 0.05) is 20.6 Å². The number of halogens is 4. The summed E-state index contributed by atoms with van der Waals surface area (Å²) in [4.78, 5) is 17.5. The molecule has 2 aromatic carbocycles. The van der Waals surface area contributed by atoms with Gasteiger partial charge in [-0.1, -0.05) is 24.3 Å². The number of rotatable bonds is 7. The maximum atomic E-state index is 13.0. The van der Waals surface area contributed by atoms with Crippen molar-refractivity contribution in [1.82, 2.24) is 15.5 Å². The van der Waals surface area contributed by atoms with E-state index in [2.05, 4.69) is 15.6 Å². The Balaban J connectivity index is 2.04. The Bertz CT molecular complexity index is 864. The van der Waals surface area contributed by atoms with Crippen LogP contribution in [-0.4, -0.2) is 44.0 Å². The number of amides is 1. The molecule has 2 rings (SSSR count). The van der Waals surface area contributed by atoms with Gasteiger partial charge in [-0.05, 0) is 41.8 Å². The van der Waals surface area contributed by atoms with Crippen molar-refractivity contribution in [3.8, 4) is 0 Å². The highest BCUT2D eigenvalue weighted by molar-refractivity contribution is 5.86.